The second kappa shape index (κ2) is 8.68. The van der Waals surface area contributed by atoms with Gasteiger partial charge in [0.15, 0.2) is 0 Å². The standard InChI is InChI=1S/C20H31N3O2/c1-16-6-10-22(11-7-16)14-20(25)21-18-4-2-3-5-19(18)23-12-8-17(15-24)9-13-23/h2-5,16-17,24H,6-15H2,1H3,(H,21,25). The summed E-state index contributed by atoms with van der Waals surface area (Å²) >= 11 is 0. The molecule has 0 bridgehead atoms. The van der Waals surface area contributed by atoms with Gasteiger partial charge in [-0.15, -0.1) is 0 Å². The molecule has 2 aliphatic heterocycles. The van der Waals surface area contributed by atoms with Crippen molar-refractivity contribution >= 4 is 17.3 Å². The summed E-state index contributed by atoms with van der Waals surface area (Å²) in [6, 6.07) is 8.07. The lowest BCUT2D eigenvalue weighted by molar-refractivity contribution is -0.117. The predicted molar refractivity (Wildman–Crippen MR) is 102 cm³/mol. The lowest BCUT2D eigenvalue weighted by Gasteiger charge is -2.34. The second-order valence-corrected chi connectivity index (χ2v) is 7.64. The minimum absolute atomic E-state index is 0.0762. The third kappa shape index (κ3) is 4.95. The molecule has 0 saturated carbocycles. The van der Waals surface area contributed by atoms with Crippen molar-refractivity contribution in [3.05, 3.63) is 24.3 Å². The number of carbonyl (C=O) groups excluding carboxylic acids is 1. The maximum atomic E-state index is 12.5. The number of likely N-dealkylation sites (tertiary alicyclic amines) is 1. The number of piperidine rings is 2. The van der Waals surface area contributed by atoms with Crippen LogP contribution in [-0.2, 0) is 4.79 Å². The van der Waals surface area contributed by atoms with Crippen LogP contribution in [0.25, 0.3) is 0 Å². The van der Waals surface area contributed by atoms with Crippen molar-refractivity contribution < 1.29 is 9.90 Å². The molecule has 2 N–H and O–H groups in total. The van der Waals surface area contributed by atoms with Gasteiger partial charge in [-0.2, -0.15) is 0 Å². The molecular formula is C20H31N3O2. The topological polar surface area (TPSA) is 55.8 Å². The van der Waals surface area contributed by atoms with Gasteiger partial charge in [-0.05, 0) is 62.7 Å². The Morgan fingerprint density at radius 1 is 1.12 bits per heavy atom. The fraction of sp³-hybridized carbons (Fsp3) is 0.650. The van der Waals surface area contributed by atoms with Crippen molar-refractivity contribution in [3.8, 4) is 0 Å². The number of anilines is 2. The van der Waals surface area contributed by atoms with E-state index in [0.717, 1.165) is 56.3 Å². The highest BCUT2D eigenvalue weighted by molar-refractivity contribution is 5.95. The minimum Gasteiger partial charge on any atom is -0.396 e. The quantitative estimate of drug-likeness (QED) is 0.861. The van der Waals surface area contributed by atoms with E-state index >= 15 is 0 Å². The molecule has 3 rings (SSSR count). The van der Waals surface area contributed by atoms with Crippen LogP contribution in [0.2, 0.25) is 0 Å². The van der Waals surface area contributed by atoms with E-state index in [0.29, 0.717) is 12.5 Å². The number of hydrogen-bond acceptors (Lipinski definition) is 4. The van der Waals surface area contributed by atoms with Gasteiger partial charge in [-0.3, -0.25) is 9.69 Å². The van der Waals surface area contributed by atoms with Gasteiger partial charge in [-0.1, -0.05) is 19.1 Å². The van der Waals surface area contributed by atoms with Crippen LogP contribution >= 0.6 is 0 Å². The van der Waals surface area contributed by atoms with Crippen LogP contribution in [-0.4, -0.2) is 55.2 Å². The van der Waals surface area contributed by atoms with Gasteiger partial charge < -0.3 is 15.3 Å². The first-order valence-electron chi connectivity index (χ1n) is 9.62. The molecular weight excluding hydrogens is 314 g/mol. The SMILES string of the molecule is CC1CCN(CC(=O)Nc2ccccc2N2CCC(CO)CC2)CC1. The van der Waals surface area contributed by atoms with E-state index in [1.54, 1.807) is 0 Å². The molecule has 0 radical (unpaired) electrons. The Kier molecular flexibility index (Phi) is 6.32. The number of aliphatic hydroxyl groups is 1. The fourth-order valence-electron chi connectivity index (χ4n) is 3.82. The molecule has 1 aromatic carbocycles. The molecule has 5 nitrogen and oxygen atoms in total. The zero-order chi connectivity index (χ0) is 17.6. The molecule has 1 amide bonds. The maximum Gasteiger partial charge on any atom is 0.238 e. The second-order valence-electron chi connectivity index (χ2n) is 7.64. The van der Waals surface area contributed by atoms with Gasteiger partial charge in [0.25, 0.3) is 0 Å². The number of carbonyl (C=O) groups is 1. The zero-order valence-corrected chi connectivity index (χ0v) is 15.3. The van der Waals surface area contributed by atoms with Crippen LogP contribution in [0, 0.1) is 11.8 Å². The molecule has 0 unspecified atom stereocenters. The highest BCUT2D eigenvalue weighted by atomic mass is 16.3. The summed E-state index contributed by atoms with van der Waals surface area (Å²) in [7, 11) is 0. The van der Waals surface area contributed by atoms with Crippen LogP contribution in [0.1, 0.15) is 32.6 Å². The Bertz CT molecular complexity index is 562. The van der Waals surface area contributed by atoms with Crippen LogP contribution < -0.4 is 10.2 Å². The van der Waals surface area contributed by atoms with Crippen LogP contribution in [0.3, 0.4) is 0 Å². The first-order chi connectivity index (χ1) is 12.2. The number of nitrogens with zero attached hydrogens (tertiary/aromatic N) is 2. The minimum atomic E-state index is 0.0762. The summed E-state index contributed by atoms with van der Waals surface area (Å²) in [4.78, 5) is 17.1. The lowest BCUT2D eigenvalue weighted by atomic mass is 9.97. The number of amides is 1. The number of benzene rings is 1. The van der Waals surface area contributed by atoms with E-state index in [9.17, 15) is 9.90 Å². The predicted octanol–water partition coefficient (Wildman–Crippen LogP) is 2.57. The summed E-state index contributed by atoms with van der Waals surface area (Å²) in [5.74, 6) is 1.27. The molecule has 2 aliphatic rings. The van der Waals surface area contributed by atoms with Gasteiger partial charge in [0, 0.05) is 19.7 Å². The summed E-state index contributed by atoms with van der Waals surface area (Å²) in [6.45, 7) is 6.95. The van der Waals surface area contributed by atoms with Crippen LogP contribution in [0.4, 0.5) is 11.4 Å². The molecule has 25 heavy (non-hydrogen) atoms. The van der Waals surface area contributed by atoms with E-state index in [-0.39, 0.29) is 12.5 Å². The molecule has 0 aromatic heterocycles. The van der Waals surface area contributed by atoms with Gasteiger partial charge in [-0.25, -0.2) is 0 Å². The van der Waals surface area contributed by atoms with Gasteiger partial charge >= 0.3 is 0 Å². The van der Waals surface area contributed by atoms with Crippen LogP contribution in [0.5, 0.6) is 0 Å². The maximum absolute atomic E-state index is 12.5. The molecule has 138 valence electrons. The van der Waals surface area contributed by atoms with Crippen molar-refractivity contribution in [2.24, 2.45) is 11.8 Å². The normalized spacial score (nSPS) is 20.6. The van der Waals surface area contributed by atoms with E-state index in [2.05, 4.69) is 28.1 Å². The number of hydrogen-bond donors (Lipinski definition) is 2. The molecule has 0 atom stereocenters. The number of rotatable bonds is 5. The van der Waals surface area contributed by atoms with Crippen molar-refractivity contribution in [3.63, 3.8) is 0 Å². The van der Waals surface area contributed by atoms with Crippen LogP contribution in [0.15, 0.2) is 24.3 Å². The molecule has 5 heteroatoms. The monoisotopic (exact) mass is 345 g/mol. The van der Waals surface area contributed by atoms with E-state index in [1.807, 2.05) is 18.2 Å². The highest BCUT2D eigenvalue weighted by Crippen LogP contribution is 2.29. The largest absolute Gasteiger partial charge is 0.396 e. The summed E-state index contributed by atoms with van der Waals surface area (Å²) in [6.07, 6.45) is 4.38. The molecule has 1 aromatic rings. The summed E-state index contributed by atoms with van der Waals surface area (Å²) in [5, 5.41) is 12.4. The summed E-state index contributed by atoms with van der Waals surface area (Å²) in [5.41, 5.74) is 2.00. The van der Waals surface area contributed by atoms with Gasteiger partial charge in [0.2, 0.25) is 5.91 Å². The Labute approximate surface area is 151 Å². The number of para-hydroxylation sites is 2. The smallest absolute Gasteiger partial charge is 0.238 e. The highest BCUT2D eigenvalue weighted by Gasteiger charge is 2.22. The Balaban J connectivity index is 1.58. The fourth-order valence-corrected chi connectivity index (χ4v) is 3.82. The van der Waals surface area contributed by atoms with E-state index < -0.39 is 0 Å². The number of nitrogens with one attached hydrogen (secondary N) is 1. The molecule has 2 saturated heterocycles. The molecule has 2 heterocycles. The molecule has 0 spiro atoms. The first-order valence-corrected chi connectivity index (χ1v) is 9.62. The Morgan fingerprint density at radius 2 is 1.80 bits per heavy atom. The average molecular weight is 345 g/mol. The Morgan fingerprint density at radius 3 is 2.48 bits per heavy atom. The Hall–Kier alpha value is -1.59. The van der Waals surface area contributed by atoms with Gasteiger partial charge in [0.05, 0.1) is 17.9 Å². The van der Waals surface area contributed by atoms with Crippen molar-refractivity contribution in [2.75, 3.05) is 49.5 Å². The van der Waals surface area contributed by atoms with Crippen molar-refractivity contribution in [1.82, 2.24) is 4.90 Å². The number of aliphatic hydroxyl groups excluding tert-OH is 1. The third-order valence-corrected chi connectivity index (χ3v) is 5.64. The third-order valence-electron chi connectivity index (χ3n) is 5.64. The lowest BCUT2D eigenvalue weighted by Crippen LogP contribution is -2.39. The average Bonchev–Trinajstić information content (AvgIpc) is 2.64. The van der Waals surface area contributed by atoms with Crippen molar-refractivity contribution in [1.29, 1.82) is 0 Å². The van der Waals surface area contributed by atoms with E-state index in [4.69, 9.17) is 0 Å². The zero-order valence-electron chi connectivity index (χ0n) is 15.3. The first kappa shape index (κ1) is 18.2. The van der Waals surface area contributed by atoms with Gasteiger partial charge in [0.1, 0.15) is 0 Å². The molecule has 2 fully saturated rings. The summed E-state index contributed by atoms with van der Waals surface area (Å²) < 4.78 is 0. The molecule has 0 aliphatic carbocycles. The van der Waals surface area contributed by atoms with Crippen molar-refractivity contribution in [2.45, 2.75) is 32.6 Å². The van der Waals surface area contributed by atoms with E-state index in [1.165, 1.54) is 12.8 Å².